The zero-order valence-corrected chi connectivity index (χ0v) is 14.7. The molecule has 0 saturated carbocycles. The summed E-state index contributed by atoms with van der Waals surface area (Å²) >= 11 is 0. The smallest absolute Gasteiger partial charge is 0.226 e. The lowest BCUT2D eigenvalue weighted by Crippen LogP contribution is -2.32. The van der Waals surface area contributed by atoms with Gasteiger partial charge in [0.1, 0.15) is 0 Å². The molecule has 4 heteroatoms. The molecular formula is C20H24N2O2. The number of hydrogen-bond acceptors (Lipinski definition) is 2. The summed E-state index contributed by atoms with van der Waals surface area (Å²) in [5.41, 5.74) is 5.05. The summed E-state index contributed by atoms with van der Waals surface area (Å²) in [5, 5.41) is 2.86. The van der Waals surface area contributed by atoms with E-state index >= 15 is 0 Å². The van der Waals surface area contributed by atoms with E-state index in [1.165, 1.54) is 12.5 Å². The molecule has 24 heavy (non-hydrogen) atoms. The Morgan fingerprint density at radius 3 is 2.21 bits per heavy atom. The van der Waals surface area contributed by atoms with Crippen LogP contribution in [0.5, 0.6) is 0 Å². The van der Waals surface area contributed by atoms with Crippen LogP contribution in [0.1, 0.15) is 30.0 Å². The molecular weight excluding hydrogens is 300 g/mol. The minimum atomic E-state index is -0.103. The Kier molecular flexibility index (Phi) is 5.74. The van der Waals surface area contributed by atoms with Gasteiger partial charge in [0.2, 0.25) is 11.8 Å². The van der Waals surface area contributed by atoms with E-state index in [2.05, 4.69) is 5.32 Å². The number of hydrogen-bond donors (Lipinski definition) is 1. The predicted octanol–water partition coefficient (Wildman–Crippen LogP) is 3.99. The topological polar surface area (TPSA) is 49.4 Å². The van der Waals surface area contributed by atoms with Gasteiger partial charge in [0, 0.05) is 31.3 Å². The fraction of sp³-hybridized carbons (Fsp3) is 0.300. The molecule has 0 bridgehead atoms. The van der Waals surface area contributed by atoms with E-state index in [1.54, 1.807) is 4.90 Å². The lowest BCUT2D eigenvalue weighted by Gasteiger charge is -2.22. The molecule has 4 nitrogen and oxygen atoms in total. The molecule has 2 rings (SSSR count). The van der Waals surface area contributed by atoms with E-state index in [0.717, 1.165) is 22.5 Å². The Morgan fingerprint density at radius 2 is 1.62 bits per heavy atom. The third-order valence-corrected chi connectivity index (χ3v) is 4.08. The van der Waals surface area contributed by atoms with Crippen molar-refractivity contribution in [2.24, 2.45) is 0 Å². The summed E-state index contributed by atoms with van der Waals surface area (Å²) in [6, 6.07) is 13.5. The Bertz CT molecular complexity index is 736. The molecule has 0 spiro atoms. The minimum absolute atomic E-state index is 0.0682. The average Bonchev–Trinajstić information content (AvgIpc) is 2.53. The Balaban J connectivity index is 2.00. The van der Waals surface area contributed by atoms with Gasteiger partial charge in [0.25, 0.3) is 0 Å². The molecule has 0 atom stereocenters. The first-order chi connectivity index (χ1) is 11.4. The highest BCUT2D eigenvalue weighted by atomic mass is 16.2. The van der Waals surface area contributed by atoms with Gasteiger partial charge in [0.05, 0.1) is 0 Å². The van der Waals surface area contributed by atoms with Gasteiger partial charge >= 0.3 is 0 Å². The van der Waals surface area contributed by atoms with Gasteiger partial charge in [-0.2, -0.15) is 0 Å². The van der Waals surface area contributed by atoms with Crippen LogP contribution in [0.15, 0.2) is 42.5 Å². The molecule has 126 valence electrons. The average molecular weight is 324 g/mol. The maximum absolute atomic E-state index is 12.1. The van der Waals surface area contributed by atoms with Gasteiger partial charge in [-0.3, -0.25) is 9.59 Å². The monoisotopic (exact) mass is 324 g/mol. The summed E-state index contributed by atoms with van der Waals surface area (Å²) < 4.78 is 0. The lowest BCUT2D eigenvalue weighted by molar-refractivity contribution is -0.117. The maximum atomic E-state index is 12.1. The summed E-state index contributed by atoms with van der Waals surface area (Å²) in [7, 11) is 0. The number of rotatable bonds is 5. The van der Waals surface area contributed by atoms with Crippen molar-refractivity contribution in [1.82, 2.24) is 0 Å². The highest BCUT2D eigenvalue weighted by Crippen LogP contribution is 2.19. The highest BCUT2D eigenvalue weighted by Gasteiger charge is 2.14. The molecule has 2 aromatic carbocycles. The van der Waals surface area contributed by atoms with Crippen LogP contribution < -0.4 is 10.2 Å². The van der Waals surface area contributed by atoms with Crippen molar-refractivity contribution in [1.29, 1.82) is 0 Å². The van der Waals surface area contributed by atoms with Gasteiger partial charge in [-0.1, -0.05) is 23.8 Å². The quantitative estimate of drug-likeness (QED) is 0.904. The molecule has 0 fully saturated rings. The van der Waals surface area contributed by atoms with E-state index in [0.29, 0.717) is 6.54 Å². The van der Waals surface area contributed by atoms with E-state index in [4.69, 9.17) is 0 Å². The number of carbonyl (C=O) groups is 2. The normalized spacial score (nSPS) is 10.3. The standard InChI is InChI=1S/C20H24N2O2/c1-14-5-8-18(9-6-14)21-20(24)11-12-22(17(4)23)19-10-7-15(2)16(3)13-19/h5-10,13H,11-12H2,1-4H3,(H,21,24). The lowest BCUT2D eigenvalue weighted by atomic mass is 10.1. The van der Waals surface area contributed by atoms with Gasteiger partial charge in [-0.15, -0.1) is 0 Å². The zero-order chi connectivity index (χ0) is 17.7. The molecule has 0 aromatic heterocycles. The SMILES string of the molecule is CC(=O)N(CCC(=O)Nc1ccc(C)cc1)c1ccc(C)c(C)c1. The summed E-state index contributed by atoms with van der Waals surface area (Å²) in [6.07, 6.45) is 0.250. The third kappa shape index (κ3) is 4.69. The second-order valence-corrected chi connectivity index (χ2v) is 6.10. The number of amides is 2. The number of nitrogens with one attached hydrogen (secondary N) is 1. The molecule has 0 aliphatic carbocycles. The fourth-order valence-electron chi connectivity index (χ4n) is 2.44. The van der Waals surface area contributed by atoms with Crippen molar-refractivity contribution in [2.75, 3.05) is 16.8 Å². The van der Waals surface area contributed by atoms with E-state index in [9.17, 15) is 9.59 Å². The van der Waals surface area contributed by atoms with E-state index in [-0.39, 0.29) is 18.2 Å². The van der Waals surface area contributed by atoms with Gasteiger partial charge in [0.15, 0.2) is 0 Å². The predicted molar refractivity (Wildman–Crippen MR) is 98.4 cm³/mol. The second kappa shape index (κ2) is 7.77. The van der Waals surface area contributed by atoms with Crippen LogP contribution in [0.2, 0.25) is 0 Å². The van der Waals surface area contributed by atoms with Crippen LogP contribution in [-0.2, 0) is 9.59 Å². The summed E-state index contributed by atoms with van der Waals surface area (Å²) in [4.78, 5) is 25.7. The first kappa shape index (κ1) is 17.7. The van der Waals surface area contributed by atoms with E-state index < -0.39 is 0 Å². The molecule has 0 radical (unpaired) electrons. The van der Waals surface area contributed by atoms with Crippen LogP contribution in [0.3, 0.4) is 0 Å². The second-order valence-electron chi connectivity index (χ2n) is 6.10. The Morgan fingerprint density at radius 1 is 0.958 bits per heavy atom. The number of carbonyl (C=O) groups excluding carboxylic acids is 2. The molecule has 0 aliphatic heterocycles. The number of benzene rings is 2. The molecule has 0 heterocycles. The molecule has 0 unspecified atom stereocenters. The number of nitrogens with zero attached hydrogens (tertiary/aromatic N) is 1. The number of aryl methyl sites for hydroxylation is 3. The van der Waals surface area contributed by atoms with Crippen molar-refractivity contribution < 1.29 is 9.59 Å². The third-order valence-electron chi connectivity index (χ3n) is 4.08. The van der Waals surface area contributed by atoms with E-state index in [1.807, 2.05) is 63.2 Å². The van der Waals surface area contributed by atoms with Crippen molar-refractivity contribution in [3.05, 3.63) is 59.2 Å². The van der Waals surface area contributed by atoms with Crippen molar-refractivity contribution >= 4 is 23.2 Å². The highest BCUT2D eigenvalue weighted by molar-refractivity contribution is 5.94. The van der Waals surface area contributed by atoms with Crippen LogP contribution in [-0.4, -0.2) is 18.4 Å². The minimum Gasteiger partial charge on any atom is -0.326 e. The summed E-state index contributed by atoms with van der Waals surface area (Å²) in [6.45, 7) is 7.93. The van der Waals surface area contributed by atoms with Gasteiger partial charge in [-0.25, -0.2) is 0 Å². The van der Waals surface area contributed by atoms with Crippen LogP contribution >= 0.6 is 0 Å². The summed E-state index contributed by atoms with van der Waals surface area (Å²) in [5.74, 6) is -0.171. The van der Waals surface area contributed by atoms with Crippen molar-refractivity contribution in [3.8, 4) is 0 Å². The Hall–Kier alpha value is -2.62. The largest absolute Gasteiger partial charge is 0.326 e. The molecule has 1 N–H and O–H groups in total. The van der Waals surface area contributed by atoms with Crippen LogP contribution in [0.25, 0.3) is 0 Å². The fourth-order valence-corrected chi connectivity index (χ4v) is 2.44. The molecule has 0 aliphatic rings. The number of anilines is 2. The first-order valence-corrected chi connectivity index (χ1v) is 8.08. The molecule has 2 amide bonds. The van der Waals surface area contributed by atoms with Crippen molar-refractivity contribution in [3.63, 3.8) is 0 Å². The first-order valence-electron chi connectivity index (χ1n) is 8.08. The van der Waals surface area contributed by atoms with Gasteiger partial charge in [-0.05, 0) is 56.2 Å². The zero-order valence-electron chi connectivity index (χ0n) is 14.7. The van der Waals surface area contributed by atoms with Gasteiger partial charge < -0.3 is 10.2 Å². The maximum Gasteiger partial charge on any atom is 0.226 e. The van der Waals surface area contributed by atoms with Crippen LogP contribution in [0.4, 0.5) is 11.4 Å². The van der Waals surface area contributed by atoms with Crippen LogP contribution in [0, 0.1) is 20.8 Å². The molecule has 0 saturated heterocycles. The Labute approximate surface area is 143 Å². The van der Waals surface area contributed by atoms with Crippen molar-refractivity contribution in [2.45, 2.75) is 34.1 Å². The molecule has 2 aromatic rings.